The van der Waals surface area contributed by atoms with Gasteiger partial charge in [0.05, 0.1) is 0 Å². The summed E-state index contributed by atoms with van der Waals surface area (Å²) in [6, 6.07) is 16.9. The van der Waals surface area contributed by atoms with Gasteiger partial charge in [0.25, 0.3) is 0 Å². The Labute approximate surface area is 122 Å². The minimum Gasteiger partial charge on any atom is -0.486 e. The molecule has 5 heteroatoms. The molecular formula is C15H16N2O2S. The summed E-state index contributed by atoms with van der Waals surface area (Å²) in [5.41, 5.74) is 6.14. The zero-order chi connectivity index (χ0) is 14.4. The Balaban J connectivity index is 2.02. The second-order valence-corrected chi connectivity index (χ2v) is 5.09. The SMILES string of the molecule is CC(Oc1cccc(SNC(N)=O)c1)c1ccccc1. The molecule has 2 amide bonds. The van der Waals surface area contributed by atoms with Crippen molar-refractivity contribution in [2.75, 3.05) is 0 Å². The number of carbonyl (C=O) groups excluding carboxylic acids is 1. The maximum absolute atomic E-state index is 10.7. The third kappa shape index (κ3) is 4.20. The predicted octanol–water partition coefficient (Wildman–Crippen LogP) is 3.50. The zero-order valence-electron chi connectivity index (χ0n) is 11.1. The van der Waals surface area contributed by atoms with Crippen LogP contribution >= 0.6 is 11.9 Å². The number of amides is 2. The molecule has 0 aliphatic carbocycles. The third-order valence-electron chi connectivity index (χ3n) is 2.66. The molecule has 2 aromatic rings. The Morgan fingerprint density at radius 2 is 1.95 bits per heavy atom. The van der Waals surface area contributed by atoms with Crippen LogP contribution in [0, 0.1) is 0 Å². The van der Waals surface area contributed by atoms with Crippen LogP contribution in [0.5, 0.6) is 5.75 Å². The summed E-state index contributed by atoms with van der Waals surface area (Å²) in [6.45, 7) is 2.00. The van der Waals surface area contributed by atoms with Crippen LogP contribution in [0.15, 0.2) is 59.5 Å². The van der Waals surface area contributed by atoms with Gasteiger partial charge in [-0.25, -0.2) is 4.79 Å². The van der Waals surface area contributed by atoms with Crippen molar-refractivity contribution in [1.29, 1.82) is 0 Å². The molecule has 0 saturated carbocycles. The lowest BCUT2D eigenvalue weighted by molar-refractivity contribution is 0.226. The van der Waals surface area contributed by atoms with Crippen LogP contribution in [0.1, 0.15) is 18.6 Å². The van der Waals surface area contributed by atoms with Gasteiger partial charge in [-0.05, 0) is 42.6 Å². The molecule has 0 radical (unpaired) electrons. The second kappa shape index (κ2) is 6.86. The minimum atomic E-state index is -0.570. The number of ether oxygens (including phenoxy) is 1. The van der Waals surface area contributed by atoms with Crippen molar-refractivity contribution in [3.05, 3.63) is 60.2 Å². The molecule has 1 unspecified atom stereocenters. The van der Waals surface area contributed by atoms with Crippen molar-refractivity contribution in [1.82, 2.24) is 4.72 Å². The van der Waals surface area contributed by atoms with Crippen LogP contribution in [0.4, 0.5) is 4.79 Å². The predicted molar refractivity (Wildman–Crippen MR) is 80.5 cm³/mol. The highest BCUT2D eigenvalue weighted by Gasteiger charge is 2.07. The summed E-state index contributed by atoms with van der Waals surface area (Å²) in [6.07, 6.45) is -0.0412. The number of benzene rings is 2. The fourth-order valence-corrected chi connectivity index (χ4v) is 2.26. The Hall–Kier alpha value is -2.14. The molecule has 0 aliphatic heterocycles. The average Bonchev–Trinajstić information content (AvgIpc) is 2.46. The van der Waals surface area contributed by atoms with E-state index < -0.39 is 6.03 Å². The molecule has 0 fully saturated rings. The van der Waals surface area contributed by atoms with Gasteiger partial charge < -0.3 is 10.5 Å². The molecule has 2 rings (SSSR count). The van der Waals surface area contributed by atoms with E-state index in [-0.39, 0.29) is 6.10 Å². The van der Waals surface area contributed by atoms with Gasteiger partial charge in [0, 0.05) is 4.90 Å². The van der Waals surface area contributed by atoms with E-state index in [2.05, 4.69) is 4.72 Å². The normalized spacial score (nSPS) is 11.7. The molecule has 4 nitrogen and oxygen atoms in total. The molecule has 0 spiro atoms. The fraction of sp³-hybridized carbons (Fsp3) is 0.133. The number of urea groups is 1. The van der Waals surface area contributed by atoms with E-state index in [4.69, 9.17) is 10.5 Å². The summed E-state index contributed by atoms with van der Waals surface area (Å²) in [4.78, 5) is 11.5. The molecule has 2 aromatic carbocycles. The quantitative estimate of drug-likeness (QED) is 0.828. The van der Waals surface area contributed by atoms with Crippen LogP contribution in [0.2, 0.25) is 0 Å². The largest absolute Gasteiger partial charge is 0.486 e. The van der Waals surface area contributed by atoms with Gasteiger partial charge in [-0.15, -0.1) is 0 Å². The molecule has 0 bridgehead atoms. The summed E-state index contributed by atoms with van der Waals surface area (Å²) in [5, 5.41) is 0. The first-order chi connectivity index (χ1) is 9.65. The molecule has 3 N–H and O–H groups in total. The first kappa shape index (κ1) is 14.3. The van der Waals surface area contributed by atoms with E-state index in [1.165, 1.54) is 0 Å². The lowest BCUT2D eigenvalue weighted by atomic mass is 10.1. The summed E-state index contributed by atoms with van der Waals surface area (Å²) < 4.78 is 8.36. The van der Waals surface area contributed by atoms with Crippen molar-refractivity contribution in [2.45, 2.75) is 17.9 Å². The molecule has 0 saturated heterocycles. The van der Waals surface area contributed by atoms with Gasteiger partial charge in [0.2, 0.25) is 0 Å². The number of hydrogen-bond donors (Lipinski definition) is 2. The number of nitrogens with one attached hydrogen (secondary N) is 1. The average molecular weight is 288 g/mol. The van der Waals surface area contributed by atoms with E-state index >= 15 is 0 Å². The summed E-state index contributed by atoms with van der Waals surface area (Å²) >= 11 is 1.16. The van der Waals surface area contributed by atoms with Gasteiger partial charge in [-0.3, -0.25) is 4.72 Å². The Morgan fingerprint density at radius 1 is 1.20 bits per heavy atom. The molecule has 0 aliphatic rings. The van der Waals surface area contributed by atoms with Gasteiger partial charge in [0.15, 0.2) is 0 Å². The zero-order valence-corrected chi connectivity index (χ0v) is 11.9. The highest BCUT2D eigenvalue weighted by molar-refractivity contribution is 7.98. The molecule has 1 atom stereocenters. The Kier molecular flexibility index (Phi) is 4.90. The smallest absolute Gasteiger partial charge is 0.322 e. The Morgan fingerprint density at radius 3 is 2.65 bits per heavy atom. The van der Waals surface area contributed by atoms with Crippen LogP contribution in [-0.4, -0.2) is 6.03 Å². The molecule has 104 valence electrons. The number of carbonyl (C=O) groups is 1. The minimum absolute atomic E-state index is 0.0412. The lowest BCUT2D eigenvalue weighted by Gasteiger charge is -2.15. The summed E-state index contributed by atoms with van der Waals surface area (Å²) in [7, 11) is 0. The maximum Gasteiger partial charge on any atom is 0.322 e. The van der Waals surface area contributed by atoms with E-state index in [1.54, 1.807) is 0 Å². The Bertz CT molecular complexity index is 575. The first-order valence-electron chi connectivity index (χ1n) is 6.19. The number of primary amides is 1. The monoisotopic (exact) mass is 288 g/mol. The maximum atomic E-state index is 10.7. The number of hydrogen-bond acceptors (Lipinski definition) is 3. The molecule has 0 aromatic heterocycles. The van der Waals surface area contributed by atoms with Gasteiger partial charge in [-0.2, -0.15) is 0 Å². The van der Waals surface area contributed by atoms with Crippen molar-refractivity contribution < 1.29 is 9.53 Å². The number of rotatable bonds is 5. The van der Waals surface area contributed by atoms with E-state index in [0.29, 0.717) is 0 Å². The molecular weight excluding hydrogens is 272 g/mol. The highest BCUT2D eigenvalue weighted by Crippen LogP contribution is 2.25. The topological polar surface area (TPSA) is 64.3 Å². The van der Waals surface area contributed by atoms with Gasteiger partial charge in [0.1, 0.15) is 11.9 Å². The van der Waals surface area contributed by atoms with Gasteiger partial charge >= 0.3 is 6.03 Å². The highest BCUT2D eigenvalue weighted by atomic mass is 32.2. The standard InChI is InChI=1S/C15H16N2O2S/c1-11(12-6-3-2-4-7-12)19-13-8-5-9-14(10-13)20-17-15(16)18/h2-11H,1H3,(H3,16,17,18). The fourth-order valence-electron chi connectivity index (χ4n) is 1.72. The molecule has 20 heavy (non-hydrogen) atoms. The van der Waals surface area contributed by atoms with Crippen LogP contribution < -0.4 is 15.2 Å². The van der Waals surface area contributed by atoms with Crippen LogP contribution in [0.25, 0.3) is 0 Å². The van der Waals surface area contributed by atoms with Crippen molar-refractivity contribution in [2.24, 2.45) is 5.73 Å². The third-order valence-corrected chi connectivity index (χ3v) is 3.45. The van der Waals surface area contributed by atoms with E-state index in [0.717, 1.165) is 28.2 Å². The second-order valence-electron chi connectivity index (χ2n) is 4.21. The summed E-state index contributed by atoms with van der Waals surface area (Å²) in [5.74, 6) is 0.748. The first-order valence-corrected chi connectivity index (χ1v) is 7.01. The van der Waals surface area contributed by atoms with E-state index in [9.17, 15) is 4.79 Å². The number of nitrogens with two attached hydrogens (primary N) is 1. The van der Waals surface area contributed by atoms with E-state index in [1.807, 2.05) is 61.5 Å². The van der Waals surface area contributed by atoms with Crippen molar-refractivity contribution >= 4 is 18.0 Å². The van der Waals surface area contributed by atoms with Gasteiger partial charge in [-0.1, -0.05) is 36.4 Å². The van der Waals surface area contributed by atoms with Crippen LogP contribution in [0.3, 0.4) is 0 Å². The molecule has 0 heterocycles. The van der Waals surface area contributed by atoms with Crippen LogP contribution in [-0.2, 0) is 0 Å². The van der Waals surface area contributed by atoms with Crippen molar-refractivity contribution in [3.8, 4) is 5.75 Å². The van der Waals surface area contributed by atoms with Crippen molar-refractivity contribution in [3.63, 3.8) is 0 Å². The lowest BCUT2D eigenvalue weighted by Crippen LogP contribution is -2.22.